The fourth-order valence-electron chi connectivity index (χ4n) is 2.12. The van der Waals surface area contributed by atoms with E-state index in [4.69, 9.17) is 4.74 Å². The third-order valence-electron chi connectivity index (χ3n) is 3.04. The zero-order valence-corrected chi connectivity index (χ0v) is 9.41. The summed E-state index contributed by atoms with van der Waals surface area (Å²) in [7, 11) is 1.71. The molecule has 1 heterocycles. The van der Waals surface area contributed by atoms with Crippen LogP contribution in [0.15, 0.2) is 24.3 Å². The van der Waals surface area contributed by atoms with Gasteiger partial charge in [0.1, 0.15) is 5.75 Å². The largest absolute Gasteiger partial charge is 0.497 e. The van der Waals surface area contributed by atoms with Gasteiger partial charge in [0.05, 0.1) is 7.11 Å². The van der Waals surface area contributed by atoms with Gasteiger partial charge in [-0.15, -0.1) is 0 Å². The molecular weight excluding hydrogens is 186 g/mol. The first-order chi connectivity index (χ1) is 7.40. The fourth-order valence-corrected chi connectivity index (χ4v) is 2.12. The minimum Gasteiger partial charge on any atom is -0.497 e. The lowest BCUT2D eigenvalue weighted by molar-refractivity contribution is 0.415. The Morgan fingerprint density at radius 2 is 1.53 bits per heavy atom. The van der Waals surface area contributed by atoms with Crippen molar-refractivity contribution in [1.29, 1.82) is 0 Å². The summed E-state index contributed by atoms with van der Waals surface area (Å²) in [6.07, 6.45) is 5.41. The van der Waals surface area contributed by atoms with E-state index in [1.807, 2.05) is 12.1 Å². The topological polar surface area (TPSA) is 12.5 Å². The highest BCUT2D eigenvalue weighted by molar-refractivity contribution is 5.49. The molecule has 1 fully saturated rings. The lowest BCUT2D eigenvalue weighted by Crippen LogP contribution is -2.23. The number of methoxy groups -OCH3 is 1. The average Bonchev–Trinajstić information content (AvgIpc) is 2.58. The molecule has 0 unspecified atom stereocenters. The summed E-state index contributed by atoms with van der Waals surface area (Å²) >= 11 is 0. The van der Waals surface area contributed by atoms with Gasteiger partial charge in [0.15, 0.2) is 0 Å². The number of anilines is 1. The molecule has 0 N–H and O–H groups in total. The van der Waals surface area contributed by atoms with Gasteiger partial charge in [-0.3, -0.25) is 0 Å². The van der Waals surface area contributed by atoms with Crippen molar-refractivity contribution in [2.45, 2.75) is 25.7 Å². The summed E-state index contributed by atoms with van der Waals surface area (Å²) in [5.74, 6) is 0.938. The van der Waals surface area contributed by atoms with E-state index >= 15 is 0 Å². The molecule has 1 saturated heterocycles. The third kappa shape index (κ3) is 2.65. The Morgan fingerprint density at radius 1 is 0.933 bits per heavy atom. The molecule has 0 bridgehead atoms. The van der Waals surface area contributed by atoms with Gasteiger partial charge >= 0.3 is 0 Å². The lowest BCUT2D eigenvalue weighted by atomic mass is 10.2. The van der Waals surface area contributed by atoms with E-state index in [1.54, 1.807) is 7.11 Å². The van der Waals surface area contributed by atoms with E-state index in [2.05, 4.69) is 17.0 Å². The Hall–Kier alpha value is -1.18. The second-order valence-electron chi connectivity index (χ2n) is 4.10. The molecule has 0 atom stereocenters. The molecule has 0 saturated carbocycles. The van der Waals surface area contributed by atoms with Crippen LogP contribution in [0.1, 0.15) is 25.7 Å². The fraction of sp³-hybridized carbons (Fsp3) is 0.538. The van der Waals surface area contributed by atoms with E-state index in [9.17, 15) is 0 Å². The molecular formula is C13H19NO. The van der Waals surface area contributed by atoms with Crippen LogP contribution < -0.4 is 9.64 Å². The number of nitrogens with zero attached hydrogens (tertiary/aromatic N) is 1. The Morgan fingerprint density at radius 3 is 2.07 bits per heavy atom. The van der Waals surface area contributed by atoms with Crippen molar-refractivity contribution in [1.82, 2.24) is 0 Å². The Balaban J connectivity index is 2.06. The summed E-state index contributed by atoms with van der Waals surface area (Å²) in [5.41, 5.74) is 1.33. The van der Waals surface area contributed by atoms with E-state index in [0.717, 1.165) is 5.75 Å². The van der Waals surface area contributed by atoms with Crippen LogP contribution in [-0.4, -0.2) is 20.2 Å². The number of benzene rings is 1. The molecule has 1 aromatic rings. The maximum atomic E-state index is 5.16. The summed E-state index contributed by atoms with van der Waals surface area (Å²) in [6.45, 7) is 2.40. The van der Waals surface area contributed by atoms with E-state index in [-0.39, 0.29) is 0 Å². The van der Waals surface area contributed by atoms with E-state index in [1.165, 1.54) is 44.5 Å². The van der Waals surface area contributed by atoms with Crippen LogP contribution in [0.3, 0.4) is 0 Å². The van der Waals surface area contributed by atoms with Crippen LogP contribution >= 0.6 is 0 Å². The van der Waals surface area contributed by atoms with Gasteiger partial charge in [-0.05, 0) is 37.1 Å². The van der Waals surface area contributed by atoms with E-state index < -0.39 is 0 Å². The van der Waals surface area contributed by atoms with Crippen LogP contribution in [0.2, 0.25) is 0 Å². The molecule has 0 radical (unpaired) electrons. The minimum absolute atomic E-state index is 0.938. The molecule has 82 valence electrons. The molecule has 0 amide bonds. The molecule has 1 aromatic carbocycles. The van der Waals surface area contributed by atoms with Crippen molar-refractivity contribution in [3.8, 4) is 5.75 Å². The molecule has 2 heteroatoms. The normalized spacial score (nSPS) is 17.3. The van der Waals surface area contributed by atoms with Crippen molar-refractivity contribution < 1.29 is 4.74 Å². The van der Waals surface area contributed by atoms with Gasteiger partial charge in [0.25, 0.3) is 0 Å². The smallest absolute Gasteiger partial charge is 0.119 e. The van der Waals surface area contributed by atoms with Gasteiger partial charge in [0.2, 0.25) is 0 Å². The first-order valence-electron chi connectivity index (χ1n) is 5.79. The number of ether oxygens (including phenoxy) is 1. The van der Waals surface area contributed by atoms with Gasteiger partial charge < -0.3 is 9.64 Å². The predicted molar refractivity (Wildman–Crippen MR) is 63.7 cm³/mol. The summed E-state index contributed by atoms with van der Waals surface area (Å²) in [4.78, 5) is 2.48. The summed E-state index contributed by atoms with van der Waals surface area (Å²) in [5, 5.41) is 0. The second kappa shape index (κ2) is 5.06. The monoisotopic (exact) mass is 205 g/mol. The maximum Gasteiger partial charge on any atom is 0.119 e. The van der Waals surface area contributed by atoms with Gasteiger partial charge in [-0.25, -0.2) is 0 Å². The minimum atomic E-state index is 0.938. The lowest BCUT2D eigenvalue weighted by Gasteiger charge is -2.22. The SMILES string of the molecule is COc1ccc(N2CCCCCC2)cc1. The molecule has 2 nitrogen and oxygen atoms in total. The molecule has 0 aromatic heterocycles. The van der Waals surface area contributed by atoms with Gasteiger partial charge in [0, 0.05) is 18.8 Å². The Labute approximate surface area is 91.9 Å². The second-order valence-corrected chi connectivity index (χ2v) is 4.10. The summed E-state index contributed by atoms with van der Waals surface area (Å²) in [6, 6.07) is 8.40. The standard InChI is InChI=1S/C13H19NO/c1-15-13-8-6-12(7-9-13)14-10-4-2-3-5-11-14/h6-9H,2-5,10-11H2,1H3. The zero-order valence-electron chi connectivity index (χ0n) is 9.41. The Kier molecular flexibility index (Phi) is 3.49. The maximum absolute atomic E-state index is 5.16. The number of rotatable bonds is 2. The molecule has 15 heavy (non-hydrogen) atoms. The highest BCUT2D eigenvalue weighted by atomic mass is 16.5. The quantitative estimate of drug-likeness (QED) is 0.735. The molecule has 1 aliphatic heterocycles. The van der Waals surface area contributed by atoms with Crippen LogP contribution in [0.4, 0.5) is 5.69 Å². The molecule has 2 rings (SSSR count). The predicted octanol–water partition coefficient (Wildman–Crippen LogP) is 3.08. The van der Waals surface area contributed by atoms with Crippen LogP contribution in [0.25, 0.3) is 0 Å². The van der Waals surface area contributed by atoms with Gasteiger partial charge in [-0.2, -0.15) is 0 Å². The van der Waals surface area contributed by atoms with Crippen LogP contribution in [0, 0.1) is 0 Å². The van der Waals surface area contributed by atoms with Crippen molar-refractivity contribution in [2.24, 2.45) is 0 Å². The first-order valence-corrected chi connectivity index (χ1v) is 5.79. The van der Waals surface area contributed by atoms with Crippen molar-refractivity contribution in [3.63, 3.8) is 0 Å². The van der Waals surface area contributed by atoms with E-state index in [0.29, 0.717) is 0 Å². The highest BCUT2D eigenvalue weighted by Crippen LogP contribution is 2.22. The number of hydrogen-bond donors (Lipinski definition) is 0. The molecule has 0 aliphatic carbocycles. The van der Waals surface area contributed by atoms with Crippen LogP contribution in [0.5, 0.6) is 5.75 Å². The first kappa shape index (κ1) is 10.3. The third-order valence-corrected chi connectivity index (χ3v) is 3.04. The highest BCUT2D eigenvalue weighted by Gasteiger charge is 2.09. The molecule has 1 aliphatic rings. The van der Waals surface area contributed by atoms with Crippen molar-refractivity contribution in [3.05, 3.63) is 24.3 Å². The zero-order chi connectivity index (χ0) is 10.5. The average molecular weight is 205 g/mol. The van der Waals surface area contributed by atoms with Crippen molar-refractivity contribution >= 4 is 5.69 Å². The van der Waals surface area contributed by atoms with Crippen molar-refractivity contribution in [2.75, 3.05) is 25.1 Å². The van der Waals surface area contributed by atoms with Crippen LogP contribution in [-0.2, 0) is 0 Å². The Bertz CT molecular complexity index is 286. The summed E-state index contributed by atoms with van der Waals surface area (Å²) < 4.78 is 5.16. The molecule has 0 spiro atoms. The number of hydrogen-bond acceptors (Lipinski definition) is 2. The van der Waals surface area contributed by atoms with Gasteiger partial charge in [-0.1, -0.05) is 12.8 Å².